The highest BCUT2D eigenvalue weighted by molar-refractivity contribution is 5.83. The molecule has 3 N–H and O–H groups in total. The normalized spacial score (nSPS) is 17.5. The van der Waals surface area contributed by atoms with E-state index in [4.69, 9.17) is 4.98 Å². The smallest absolute Gasteiger partial charge is 0.206 e. The number of rotatable bonds is 6. The van der Waals surface area contributed by atoms with Crippen molar-refractivity contribution in [2.24, 2.45) is 0 Å². The Balaban J connectivity index is 1.21. The zero-order chi connectivity index (χ0) is 22.9. The van der Waals surface area contributed by atoms with E-state index in [0.29, 0.717) is 12.0 Å². The summed E-state index contributed by atoms with van der Waals surface area (Å²) in [4.78, 5) is 26.3. The fraction of sp³-hybridized carbons (Fsp3) is 0.360. The summed E-state index contributed by atoms with van der Waals surface area (Å²) >= 11 is 0. The molecule has 1 unspecified atom stereocenters. The molecule has 6 rings (SSSR count). The number of hydrogen-bond acceptors (Lipinski definition) is 8. The van der Waals surface area contributed by atoms with Gasteiger partial charge in [0.2, 0.25) is 5.95 Å². The van der Waals surface area contributed by atoms with Crippen molar-refractivity contribution < 1.29 is 0 Å². The zero-order valence-electron chi connectivity index (χ0n) is 19.3. The summed E-state index contributed by atoms with van der Waals surface area (Å²) in [6, 6.07) is 12.8. The number of aromatic nitrogens is 5. The van der Waals surface area contributed by atoms with Crippen molar-refractivity contribution in [1.82, 2.24) is 35.1 Å². The van der Waals surface area contributed by atoms with E-state index in [-0.39, 0.29) is 0 Å². The van der Waals surface area contributed by atoms with Gasteiger partial charge in [0.25, 0.3) is 0 Å². The van der Waals surface area contributed by atoms with Crippen LogP contribution in [0.3, 0.4) is 0 Å². The van der Waals surface area contributed by atoms with Crippen LogP contribution in [0.4, 0.5) is 17.6 Å². The molecule has 174 valence electrons. The van der Waals surface area contributed by atoms with E-state index in [1.165, 1.54) is 12.0 Å². The fourth-order valence-electron chi connectivity index (χ4n) is 4.63. The predicted octanol–water partition coefficient (Wildman–Crippen LogP) is 3.33. The second kappa shape index (κ2) is 9.00. The average molecular weight is 456 g/mol. The number of aromatic amines is 1. The van der Waals surface area contributed by atoms with E-state index >= 15 is 0 Å². The molecule has 2 aliphatic heterocycles. The molecule has 0 spiro atoms. The van der Waals surface area contributed by atoms with Crippen LogP contribution >= 0.6 is 0 Å². The van der Waals surface area contributed by atoms with Gasteiger partial charge in [-0.15, -0.1) is 0 Å². The Morgan fingerprint density at radius 3 is 2.68 bits per heavy atom. The zero-order valence-corrected chi connectivity index (χ0v) is 19.3. The van der Waals surface area contributed by atoms with Gasteiger partial charge in [-0.05, 0) is 43.2 Å². The lowest BCUT2D eigenvalue weighted by Crippen LogP contribution is -2.44. The Hall–Kier alpha value is -3.56. The lowest BCUT2D eigenvalue weighted by atomic mass is 10.1. The van der Waals surface area contributed by atoms with Gasteiger partial charge in [-0.2, -0.15) is 0 Å². The SMILES string of the molecule is CC(c1ccnc(Nc2nc3ccc(-c4cc(N5CCC5)ncn4)cc3[nH]2)c1)N1CCNCC1. The van der Waals surface area contributed by atoms with Crippen molar-refractivity contribution in [3.63, 3.8) is 0 Å². The molecular weight excluding hydrogens is 426 g/mol. The van der Waals surface area contributed by atoms with Crippen LogP contribution in [0.1, 0.15) is 24.9 Å². The minimum atomic E-state index is 0.345. The number of piperazine rings is 1. The van der Waals surface area contributed by atoms with E-state index in [1.54, 1.807) is 6.33 Å². The molecule has 0 amide bonds. The van der Waals surface area contributed by atoms with E-state index in [0.717, 1.165) is 73.2 Å². The van der Waals surface area contributed by atoms with Crippen molar-refractivity contribution in [2.45, 2.75) is 19.4 Å². The molecule has 0 aliphatic carbocycles. The second-order valence-electron chi connectivity index (χ2n) is 8.98. The van der Waals surface area contributed by atoms with Gasteiger partial charge < -0.3 is 20.5 Å². The molecule has 0 bridgehead atoms. The van der Waals surface area contributed by atoms with Crippen LogP contribution in [-0.4, -0.2) is 69.1 Å². The molecule has 5 heterocycles. The second-order valence-corrected chi connectivity index (χ2v) is 8.98. The summed E-state index contributed by atoms with van der Waals surface area (Å²) in [6.45, 7) is 8.58. The summed E-state index contributed by atoms with van der Waals surface area (Å²) in [5.74, 6) is 2.45. The third-order valence-corrected chi connectivity index (χ3v) is 6.82. The summed E-state index contributed by atoms with van der Waals surface area (Å²) in [5, 5.41) is 6.77. The summed E-state index contributed by atoms with van der Waals surface area (Å²) in [6.07, 6.45) is 4.73. The van der Waals surface area contributed by atoms with E-state index in [1.807, 2.05) is 12.3 Å². The minimum Gasteiger partial charge on any atom is -0.356 e. The third-order valence-electron chi connectivity index (χ3n) is 6.82. The van der Waals surface area contributed by atoms with Crippen LogP contribution in [0.15, 0.2) is 48.9 Å². The number of imidazole rings is 1. The third kappa shape index (κ3) is 4.20. The van der Waals surface area contributed by atoms with Crippen LogP contribution in [0, 0.1) is 0 Å². The van der Waals surface area contributed by atoms with Crippen molar-refractivity contribution in [1.29, 1.82) is 0 Å². The molecule has 1 atom stereocenters. The van der Waals surface area contributed by atoms with Gasteiger partial charge in [-0.1, -0.05) is 6.07 Å². The summed E-state index contributed by atoms with van der Waals surface area (Å²) < 4.78 is 0. The van der Waals surface area contributed by atoms with Gasteiger partial charge in [0.1, 0.15) is 18.0 Å². The van der Waals surface area contributed by atoms with Crippen LogP contribution in [-0.2, 0) is 0 Å². The highest BCUT2D eigenvalue weighted by Gasteiger charge is 2.19. The highest BCUT2D eigenvalue weighted by atomic mass is 15.2. The highest BCUT2D eigenvalue weighted by Crippen LogP contribution is 2.27. The molecule has 34 heavy (non-hydrogen) atoms. The summed E-state index contributed by atoms with van der Waals surface area (Å²) in [7, 11) is 0. The number of hydrogen-bond donors (Lipinski definition) is 3. The number of H-pyrrole nitrogens is 1. The first kappa shape index (κ1) is 21.0. The van der Waals surface area contributed by atoms with Crippen molar-refractivity contribution in [3.8, 4) is 11.3 Å². The van der Waals surface area contributed by atoms with Gasteiger partial charge in [-0.3, -0.25) is 4.90 Å². The largest absolute Gasteiger partial charge is 0.356 e. The molecule has 9 nitrogen and oxygen atoms in total. The van der Waals surface area contributed by atoms with Crippen LogP contribution in [0.25, 0.3) is 22.3 Å². The van der Waals surface area contributed by atoms with Crippen molar-refractivity contribution >= 4 is 28.6 Å². The number of pyridine rings is 1. The first-order chi connectivity index (χ1) is 16.7. The van der Waals surface area contributed by atoms with Gasteiger partial charge in [0.15, 0.2) is 0 Å². The van der Waals surface area contributed by atoms with Crippen LogP contribution in [0.2, 0.25) is 0 Å². The average Bonchev–Trinajstić information content (AvgIpc) is 3.25. The summed E-state index contributed by atoms with van der Waals surface area (Å²) in [5.41, 5.74) is 5.05. The Morgan fingerprint density at radius 2 is 1.85 bits per heavy atom. The molecule has 0 saturated carbocycles. The maximum absolute atomic E-state index is 4.71. The van der Waals surface area contributed by atoms with Crippen LogP contribution in [0.5, 0.6) is 0 Å². The fourth-order valence-corrected chi connectivity index (χ4v) is 4.63. The van der Waals surface area contributed by atoms with Gasteiger partial charge in [-0.25, -0.2) is 19.9 Å². The molecule has 2 fully saturated rings. The van der Waals surface area contributed by atoms with Gasteiger partial charge >= 0.3 is 0 Å². The number of nitrogens with one attached hydrogen (secondary N) is 3. The van der Waals surface area contributed by atoms with Crippen molar-refractivity contribution in [3.05, 3.63) is 54.5 Å². The van der Waals surface area contributed by atoms with E-state index < -0.39 is 0 Å². The Morgan fingerprint density at radius 1 is 0.971 bits per heavy atom. The lowest BCUT2D eigenvalue weighted by molar-refractivity contribution is 0.185. The minimum absolute atomic E-state index is 0.345. The Labute approximate surface area is 198 Å². The Bertz CT molecular complexity index is 1290. The standard InChI is InChI=1S/C25H29N9/c1-17(33-11-7-26-8-12-33)18-5-6-27-23(14-18)32-25-30-20-4-3-19(13-22(20)31-25)21-15-24(29-16-28-21)34-9-2-10-34/h3-6,13-17,26H,2,7-12H2,1H3,(H2,27,30,31,32). The van der Waals surface area contributed by atoms with Gasteiger partial charge in [0.05, 0.1) is 16.7 Å². The Kier molecular flexibility index (Phi) is 5.56. The number of nitrogens with zero attached hydrogens (tertiary/aromatic N) is 6. The molecule has 9 heteroatoms. The quantitative estimate of drug-likeness (QED) is 0.407. The van der Waals surface area contributed by atoms with Crippen LogP contribution < -0.4 is 15.5 Å². The molecule has 0 radical (unpaired) electrons. The van der Waals surface area contributed by atoms with E-state index in [9.17, 15) is 0 Å². The maximum atomic E-state index is 4.71. The van der Waals surface area contributed by atoms with Gasteiger partial charge in [0, 0.05) is 63.1 Å². The number of benzene rings is 1. The lowest BCUT2D eigenvalue weighted by Gasteiger charge is -2.33. The first-order valence-electron chi connectivity index (χ1n) is 12.0. The topological polar surface area (TPSA) is 97.9 Å². The molecule has 1 aromatic carbocycles. The molecular formula is C25H29N9. The molecule has 2 aliphatic rings. The first-order valence-corrected chi connectivity index (χ1v) is 12.0. The van der Waals surface area contributed by atoms with E-state index in [2.05, 4.69) is 77.6 Å². The number of anilines is 3. The predicted molar refractivity (Wildman–Crippen MR) is 134 cm³/mol. The molecule has 3 aromatic heterocycles. The molecule has 4 aromatic rings. The maximum Gasteiger partial charge on any atom is 0.206 e. The molecule has 2 saturated heterocycles. The monoisotopic (exact) mass is 455 g/mol. The number of fused-ring (bicyclic) bond motifs is 1. The van der Waals surface area contributed by atoms with Crippen molar-refractivity contribution in [2.75, 3.05) is 49.5 Å².